The molecular formula is C26H41BrO12. The molecule has 224 valence electrons. The molecule has 0 unspecified atom stereocenters. The van der Waals surface area contributed by atoms with Gasteiger partial charge in [-0.3, -0.25) is 24.0 Å². The number of hydrogen-bond acceptors (Lipinski definition) is 12. The van der Waals surface area contributed by atoms with Gasteiger partial charge >= 0.3 is 29.8 Å². The molecular weight excluding hydrogens is 584 g/mol. The van der Waals surface area contributed by atoms with Crippen molar-refractivity contribution in [3.05, 3.63) is 0 Å². The maximum Gasteiger partial charge on any atom is 0.305 e. The van der Waals surface area contributed by atoms with E-state index in [0.29, 0.717) is 6.42 Å². The average molecular weight is 626 g/mol. The average Bonchev–Trinajstić information content (AvgIpc) is 2.81. The highest BCUT2D eigenvalue weighted by Gasteiger charge is 2.49. The molecule has 0 aliphatic carbocycles. The highest BCUT2D eigenvalue weighted by Crippen LogP contribution is 2.34. The predicted octanol–water partition coefficient (Wildman–Crippen LogP) is 3.20. The minimum atomic E-state index is -1.09. The second-order valence-corrected chi connectivity index (χ2v) is 10.4. The van der Waals surface area contributed by atoms with Crippen molar-refractivity contribution in [1.82, 2.24) is 0 Å². The number of carbonyl (C=O) groups is 5. The summed E-state index contributed by atoms with van der Waals surface area (Å²) < 4.78 is 37.4. The molecule has 39 heavy (non-hydrogen) atoms. The fourth-order valence-corrected chi connectivity index (χ4v) is 5.31. The molecule has 0 N–H and O–H groups in total. The maximum atomic E-state index is 11.3. The van der Waals surface area contributed by atoms with Crippen LogP contribution in [0.15, 0.2) is 0 Å². The van der Waals surface area contributed by atoms with Crippen LogP contribution in [0.4, 0.5) is 0 Å². The second-order valence-electron chi connectivity index (χ2n) is 9.51. The quantitative estimate of drug-likeness (QED) is 0.232. The Bertz CT molecular complexity index is 864. The summed E-state index contributed by atoms with van der Waals surface area (Å²) in [4.78, 5) is 56.1. The summed E-state index contributed by atoms with van der Waals surface area (Å²) in [6.45, 7) is 14.1. The lowest BCUT2D eigenvalue weighted by atomic mass is 9.89. The molecule has 10 atom stereocenters. The third-order valence-electron chi connectivity index (χ3n) is 6.29. The van der Waals surface area contributed by atoms with Crippen LogP contribution >= 0.6 is 15.9 Å². The summed E-state index contributed by atoms with van der Waals surface area (Å²) >= 11 is 3.33. The molecule has 2 fully saturated rings. The van der Waals surface area contributed by atoms with Crippen LogP contribution < -0.4 is 0 Å². The number of ether oxygens (including phenoxy) is 7. The van der Waals surface area contributed by atoms with E-state index in [-0.39, 0.29) is 30.0 Å². The zero-order chi connectivity index (χ0) is 30.0. The van der Waals surface area contributed by atoms with Crippen LogP contribution in [-0.2, 0) is 57.1 Å². The van der Waals surface area contributed by atoms with Gasteiger partial charge < -0.3 is 33.2 Å². The van der Waals surface area contributed by atoms with Gasteiger partial charge in [-0.05, 0) is 12.8 Å². The molecule has 13 heteroatoms. The van der Waals surface area contributed by atoms with E-state index in [1.54, 1.807) is 0 Å². The number of hydrogen-bond donors (Lipinski definition) is 0. The van der Waals surface area contributed by atoms with Crippen molar-refractivity contribution in [2.75, 3.05) is 0 Å². The van der Waals surface area contributed by atoms with E-state index in [0.717, 1.165) is 6.42 Å². The first kappa shape index (κ1) is 34.8. The van der Waals surface area contributed by atoms with E-state index < -0.39 is 59.6 Å². The Morgan fingerprint density at radius 3 is 1.28 bits per heavy atom. The second kappa shape index (κ2) is 16.1. The molecule has 0 bridgehead atoms. The molecule has 2 heterocycles. The standard InChI is InChI=1S/C14H22O7.C12H19BrO5/c1-6-11-7(2)12(18-8(3)15)13(19-9(4)16)14(21-11)20-10(5)17;1-5-9-6(2)10(16-7(3)14)11(12(13)18-9)17-8(4)15/h7,11-14H,6H2,1-5H3;6,9-12H,5H2,1-4H3/t7-,11-,12+,13-,14+;6-,9-,10+,11-,12+/m11/s1. The highest BCUT2D eigenvalue weighted by atomic mass is 79.9. The van der Waals surface area contributed by atoms with E-state index in [1.807, 2.05) is 27.7 Å². The highest BCUT2D eigenvalue weighted by molar-refractivity contribution is 9.09. The van der Waals surface area contributed by atoms with E-state index in [1.165, 1.54) is 34.6 Å². The number of halogens is 1. The van der Waals surface area contributed by atoms with Crippen LogP contribution in [0.2, 0.25) is 0 Å². The molecule has 0 amide bonds. The normalized spacial score (nSPS) is 33.9. The Morgan fingerprint density at radius 1 is 0.564 bits per heavy atom. The van der Waals surface area contributed by atoms with Gasteiger partial charge in [0.1, 0.15) is 12.2 Å². The molecule has 0 saturated carbocycles. The van der Waals surface area contributed by atoms with E-state index >= 15 is 0 Å². The van der Waals surface area contributed by atoms with Gasteiger partial charge in [-0.15, -0.1) is 0 Å². The fourth-order valence-electron chi connectivity index (χ4n) is 4.62. The van der Waals surface area contributed by atoms with Gasteiger partial charge in [0.05, 0.1) is 12.2 Å². The Labute approximate surface area is 237 Å². The maximum absolute atomic E-state index is 11.3. The molecule has 0 aromatic heterocycles. The van der Waals surface area contributed by atoms with Crippen LogP contribution in [0.1, 0.15) is 75.2 Å². The lowest BCUT2D eigenvalue weighted by Gasteiger charge is -2.43. The molecule has 0 radical (unpaired) electrons. The molecule has 2 aliphatic heterocycles. The van der Waals surface area contributed by atoms with Crippen molar-refractivity contribution in [3.8, 4) is 0 Å². The SMILES string of the molecule is CC[C@H]1O[C@H](Br)[C@H](OC(C)=O)[C@@H](OC(C)=O)[C@@H]1C.CC[C@H]1O[C@H](OC(C)=O)[C@H](OC(C)=O)[C@@H](OC(C)=O)[C@@H]1C. The third kappa shape index (κ3) is 10.7. The van der Waals surface area contributed by atoms with Gasteiger partial charge in [0, 0.05) is 46.5 Å². The minimum Gasteiger partial charge on any atom is -0.458 e. The molecule has 2 aliphatic rings. The van der Waals surface area contributed by atoms with Crippen molar-refractivity contribution in [3.63, 3.8) is 0 Å². The smallest absolute Gasteiger partial charge is 0.305 e. The number of esters is 5. The van der Waals surface area contributed by atoms with Gasteiger partial charge in [-0.2, -0.15) is 0 Å². The first-order chi connectivity index (χ1) is 18.1. The van der Waals surface area contributed by atoms with Crippen LogP contribution in [-0.4, -0.2) is 77.8 Å². The Kier molecular flexibility index (Phi) is 14.4. The summed E-state index contributed by atoms with van der Waals surface area (Å²) in [6, 6.07) is 0. The van der Waals surface area contributed by atoms with Gasteiger partial charge in [-0.1, -0.05) is 43.6 Å². The fraction of sp³-hybridized carbons (Fsp3) is 0.808. The van der Waals surface area contributed by atoms with Crippen LogP contribution in [0, 0.1) is 11.8 Å². The van der Waals surface area contributed by atoms with Crippen LogP contribution in [0.5, 0.6) is 0 Å². The van der Waals surface area contributed by atoms with Gasteiger partial charge in [0.15, 0.2) is 11.1 Å². The topological polar surface area (TPSA) is 150 Å². The lowest BCUT2D eigenvalue weighted by Crippen LogP contribution is -2.57. The van der Waals surface area contributed by atoms with Crippen molar-refractivity contribution >= 4 is 45.8 Å². The first-order valence-electron chi connectivity index (χ1n) is 12.9. The number of alkyl halides is 1. The largest absolute Gasteiger partial charge is 0.458 e. The number of carbonyl (C=O) groups excluding carboxylic acids is 5. The minimum absolute atomic E-state index is 0.0305. The van der Waals surface area contributed by atoms with E-state index in [4.69, 9.17) is 33.2 Å². The lowest BCUT2D eigenvalue weighted by molar-refractivity contribution is -0.281. The van der Waals surface area contributed by atoms with Crippen LogP contribution in [0.3, 0.4) is 0 Å². The molecule has 2 rings (SSSR count). The Hall–Kier alpha value is -2.25. The predicted molar refractivity (Wildman–Crippen MR) is 139 cm³/mol. The summed E-state index contributed by atoms with van der Waals surface area (Å²) in [5.74, 6) is -2.68. The monoisotopic (exact) mass is 624 g/mol. The summed E-state index contributed by atoms with van der Waals surface area (Å²) in [7, 11) is 0. The molecule has 0 aromatic rings. The zero-order valence-corrected chi connectivity index (χ0v) is 25.6. The summed E-state index contributed by atoms with van der Waals surface area (Å²) in [6.07, 6.45) is -2.77. The van der Waals surface area contributed by atoms with Gasteiger partial charge in [0.25, 0.3) is 0 Å². The van der Waals surface area contributed by atoms with Crippen molar-refractivity contribution in [1.29, 1.82) is 0 Å². The van der Waals surface area contributed by atoms with Gasteiger partial charge in [-0.25, -0.2) is 0 Å². The van der Waals surface area contributed by atoms with Crippen molar-refractivity contribution in [2.24, 2.45) is 11.8 Å². The summed E-state index contributed by atoms with van der Waals surface area (Å²) in [5, 5.41) is -0.466. The van der Waals surface area contributed by atoms with Crippen molar-refractivity contribution < 1.29 is 57.1 Å². The Morgan fingerprint density at radius 2 is 0.897 bits per heavy atom. The third-order valence-corrected chi connectivity index (χ3v) is 7.03. The first-order valence-corrected chi connectivity index (χ1v) is 13.8. The zero-order valence-electron chi connectivity index (χ0n) is 24.0. The van der Waals surface area contributed by atoms with E-state index in [2.05, 4.69) is 15.9 Å². The molecule has 0 spiro atoms. The molecule has 12 nitrogen and oxygen atoms in total. The summed E-state index contributed by atoms with van der Waals surface area (Å²) in [5.41, 5.74) is 0. The van der Waals surface area contributed by atoms with Crippen molar-refractivity contribution in [2.45, 2.75) is 123 Å². The van der Waals surface area contributed by atoms with Gasteiger partial charge in [0.2, 0.25) is 12.4 Å². The molecule has 0 aromatic carbocycles. The number of rotatable bonds is 7. The van der Waals surface area contributed by atoms with E-state index in [9.17, 15) is 24.0 Å². The van der Waals surface area contributed by atoms with Crippen LogP contribution in [0.25, 0.3) is 0 Å². The Balaban J connectivity index is 0.000000395. The molecule has 2 saturated heterocycles.